The summed E-state index contributed by atoms with van der Waals surface area (Å²) >= 11 is 0. The predicted octanol–water partition coefficient (Wildman–Crippen LogP) is 3.31. The quantitative estimate of drug-likeness (QED) is 0.389. The molecule has 2 aromatic rings. The minimum Gasteiger partial charge on any atom is -0.478 e. The van der Waals surface area contributed by atoms with E-state index in [0.717, 1.165) is 6.08 Å². The fourth-order valence-corrected chi connectivity index (χ4v) is 1.49. The Morgan fingerprint density at radius 2 is 2.28 bits per heavy atom. The lowest BCUT2D eigenvalue weighted by Gasteiger charge is -1.98. The lowest BCUT2D eigenvalue weighted by molar-refractivity contribution is -0.132. The molecule has 0 radical (unpaired) electrons. The number of hydrogen-bond acceptors (Lipinski definition) is 3. The topological polar surface area (TPSA) is 99.2 Å². The average Bonchev–Trinajstić information content (AvgIpc) is 2.81. The fourth-order valence-electron chi connectivity index (χ4n) is 1.49. The summed E-state index contributed by atoms with van der Waals surface area (Å²) in [6.07, 6.45) is 2.41. The molecule has 1 N–H and O–H groups in total. The lowest BCUT2D eigenvalue weighted by Crippen LogP contribution is -1.96. The number of carbonyl (C=O) groups is 1. The Bertz CT molecular complexity index is 695. The molecule has 2 rings (SSSR count). The molecular formula is C11H6FN3O3. The maximum absolute atomic E-state index is 13.4. The molecule has 0 saturated heterocycles. The zero-order chi connectivity index (χ0) is 13.1. The van der Waals surface area contributed by atoms with Gasteiger partial charge in [-0.2, -0.15) is 0 Å². The van der Waals surface area contributed by atoms with Crippen molar-refractivity contribution in [3.05, 3.63) is 52.0 Å². The van der Waals surface area contributed by atoms with Crippen LogP contribution in [0, 0.1) is 5.82 Å². The van der Waals surface area contributed by atoms with Crippen LogP contribution in [0.1, 0.15) is 5.56 Å². The molecule has 1 aromatic heterocycles. The molecule has 0 unspecified atom stereocenters. The lowest BCUT2D eigenvalue weighted by atomic mass is 10.1. The first-order valence-electron chi connectivity index (χ1n) is 4.79. The molecule has 0 aliphatic heterocycles. The van der Waals surface area contributed by atoms with E-state index in [1.165, 1.54) is 24.5 Å². The molecule has 7 heteroatoms. The van der Waals surface area contributed by atoms with Gasteiger partial charge >= 0.3 is 5.97 Å². The van der Waals surface area contributed by atoms with Gasteiger partial charge in [0.1, 0.15) is 17.1 Å². The number of aliphatic carboxylic acids is 1. The largest absolute Gasteiger partial charge is 0.478 e. The summed E-state index contributed by atoms with van der Waals surface area (Å²) in [6, 6.07) is 3.95. The molecule has 0 spiro atoms. The zero-order valence-electron chi connectivity index (χ0n) is 8.87. The van der Waals surface area contributed by atoms with Crippen molar-refractivity contribution < 1.29 is 18.7 Å². The van der Waals surface area contributed by atoms with Crippen LogP contribution in [0.15, 0.2) is 39.7 Å². The van der Waals surface area contributed by atoms with Crippen LogP contribution in [0.25, 0.3) is 27.5 Å². The smallest absolute Gasteiger partial charge is 0.338 e. The number of carboxylic acid groups (broad SMARTS) is 1. The molecular weight excluding hydrogens is 241 g/mol. The van der Waals surface area contributed by atoms with Crippen molar-refractivity contribution in [2.45, 2.75) is 0 Å². The first kappa shape index (κ1) is 11.7. The van der Waals surface area contributed by atoms with E-state index in [1.807, 2.05) is 0 Å². The second-order valence-electron chi connectivity index (χ2n) is 3.32. The van der Waals surface area contributed by atoms with Crippen LogP contribution in [-0.4, -0.2) is 11.1 Å². The number of benzene rings is 1. The zero-order valence-corrected chi connectivity index (χ0v) is 8.87. The summed E-state index contributed by atoms with van der Waals surface area (Å²) in [6.45, 7) is 0. The summed E-state index contributed by atoms with van der Waals surface area (Å²) in [5.74, 6) is -1.85. The normalized spacial score (nSPS) is 11.3. The number of azide groups is 1. The van der Waals surface area contributed by atoms with E-state index in [1.54, 1.807) is 0 Å². The van der Waals surface area contributed by atoms with Crippen molar-refractivity contribution >= 4 is 23.0 Å². The molecule has 0 aliphatic carbocycles. The van der Waals surface area contributed by atoms with Crippen LogP contribution >= 0.6 is 0 Å². The van der Waals surface area contributed by atoms with Crippen molar-refractivity contribution in [3.8, 4) is 0 Å². The van der Waals surface area contributed by atoms with Gasteiger partial charge in [0.25, 0.3) is 0 Å². The summed E-state index contributed by atoms with van der Waals surface area (Å²) in [4.78, 5) is 13.2. The van der Waals surface area contributed by atoms with Crippen molar-refractivity contribution in [1.29, 1.82) is 0 Å². The maximum Gasteiger partial charge on any atom is 0.338 e. The molecule has 1 heterocycles. The molecule has 0 saturated carbocycles. The van der Waals surface area contributed by atoms with Gasteiger partial charge in [0.2, 0.25) is 0 Å². The van der Waals surface area contributed by atoms with Gasteiger partial charge in [-0.3, -0.25) is 0 Å². The third kappa shape index (κ3) is 2.02. The van der Waals surface area contributed by atoms with Gasteiger partial charge < -0.3 is 9.52 Å². The van der Waals surface area contributed by atoms with E-state index in [-0.39, 0.29) is 11.0 Å². The van der Waals surface area contributed by atoms with Crippen LogP contribution < -0.4 is 0 Å². The fraction of sp³-hybridized carbons (Fsp3) is 0. The van der Waals surface area contributed by atoms with Crippen molar-refractivity contribution in [2.24, 2.45) is 5.11 Å². The van der Waals surface area contributed by atoms with Crippen LogP contribution in [0.3, 0.4) is 0 Å². The average molecular weight is 247 g/mol. The Hall–Kier alpha value is -2.79. The monoisotopic (exact) mass is 247 g/mol. The first-order chi connectivity index (χ1) is 8.63. The third-order valence-electron chi connectivity index (χ3n) is 2.26. The minimum absolute atomic E-state index is 0.196. The number of rotatable bonds is 3. The van der Waals surface area contributed by atoms with Gasteiger partial charge in [0.05, 0.1) is 11.6 Å². The first-order valence-corrected chi connectivity index (χ1v) is 4.79. The Morgan fingerprint density at radius 1 is 1.50 bits per heavy atom. The number of nitrogens with zero attached hydrogens (tertiary/aromatic N) is 3. The second-order valence-corrected chi connectivity index (χ2v) is 3.32. The standard InChI is InChI=1S/C11H6FN3O3/c12-8-2-1-6(10-7(8)3-4-18-10)5-9(11(16)17)14-15-13/h1-5H,(H,16,17)/b9-5-. The summed E-state index contributed by atoms with van der Waals surface area (Å²) < 4.78 is 18.4. The molecule has 0 aliphatic rings. The summed E-state index contributed by atoms with van der Waals surface area (Å²) in [7, 11) is 0. The molecule has 6 nitrogen and oxygen atoms in total. The number of fused-ring (bicyclic) bond motifs is 1. The minimum atomic E-state index is -1.38. The van der Waals surface area contributed by atoms with Crippen LogP contribution in [0.5, 0.6) is 0 Å². The van der Waals surface area contributed by atoms with E-state index in [0.29, 0.717) is 5.56 Å². The van der Waals surface area contributed by atoms with E-state index < -0.39 is 17.5 Å². The SMILES string of the molecule is [N-]=[N+]=N/C(=C\c1ccc(F)c2ccoc12)C(=O)O. The highest BCUT2D eigenvalue weighted by atomic mass is 19.1. The highest BCUT2D eigenvalue weighted by Gasteiger charge is 2.10. The van der Waals surface area contributed by atoms with Gasteiger partial charge in [-0.25, -0.2) is 9.18 Å². The van der Waals surface area contributed by atoms with E-state index in [4.69, 9.17) is 15.1 Å². The van der Waals surface area contributed by atoms with Gasteiger partial charge in [0.15, 0.2) is 0 Å². The van der Waals surface area contributed by atoms with Crippen molar-refractivity contribution in [2.75, 3.05) is 0 Å². The Morgan fingerprint density at radius 3 is 2.94 bits per heavy atom. The molecule has 18 heavy (non-hydrogen) atoms. The van der Waals surface area contributed by atoms with Crippen molar-refractivity contribution in [1.82, 2.24) is 0 Å². The summed E-state index contributed by atoms with van der Waals surface area (Å²) in [5, 5.41) is 12.1. The number of hydrogen-bond donors (Lipinski definition) is 1. The Labute approximate surface area is 99.6 Å². The highest BCUT2D eigenvalue weighted by molar-refractivity contribution is 5.95. The number of carboxylic acids is 1. The summed E-state index contributed by atoms with van der Waals surface area (Å²) in [5.41, 5.74) is 8.27. The van der Waals surface area contributed by atoms with Gasteiger partial charge in [-0.15, -0.1) is 0 Å². The molecule has 0 amide bonds. The van der Waals surface area contributed by atoms with Crippen LogP contribution in [0.4, 0.5) is 4.39 Å². The van der Waals surface area contributed by atoms with Crippen molar-refractivity contribution in [3.63, 3.8) is 0 Å². The predicted molar refractivity (Wildman–Crippen MR) is 60.9 cm³/mol. The van der Waals surface area contributed by atoms with Crippen LogP contribution in [0.2, 0.25) is 0 Å². The van der Waals surface area contributed by atoms with E-state index >= 15 is 0 Å². The van der Waals surface area contributed by atoms with Gasteiger partial charge in [-0.05, 0) is 29.8 Å². The maximum atomic E-state index is 13.4. The molecule has 1 aromatic carbocycles. The number of halogens is 1. The van der Waals surface area contributed by atoms with E-state index in [2.05, 4.69) is 10.0 Å². The molecule has 0 fully saturated rings. The molecule has 0 bridgehead atoms. The van der Waals surface area contributed by atoms with Gasteiger partial charge in [-0.1, -0.05) is 5.11 Å². The Balaban J connectivity index is 2.64. The van der Waals surface area contributed by atoms with E-state index in [9.17, 15) is 9.18 Å². The molecule has 90 valence electrons. The third-order valence-corrected chi connectivity index (χ3v) is 2.26. The van der Waals surface area contributed by atoms with Crippen LogP contribution in [-0.2, 0) is 4.79 Å². The van der Waals surface area contributed by atoms with Gasteiger partial charge in [0, 0.05) is 10.5 Å². The second kappa shape index (κ2) is 4.60. The highest BCUT2D eigenvalue weighted by Crippen LogP contribution is 2.25. The molecule has 0 atom stereocenters. The number of furan rings is 1. The Kier molecular flexibility index (Phi) is 2.99.